The fraction of sp³-hybridized carbons (Fsp3) is 0.375. The molecule has 0 spiro atoms. The average Bonchev–Trinajstić information content (AvgIpc) is 2.75. The molecule has 108 valence electrons. The lowest BCUT2D eigenvalue weighted by Crippen LogP contribution is -2.21. The topological polar surface area (TPSA) is 34.4 Å². The number of benzene rings is 1. The third-order valence-corrected chi connectivity index (χ3v) is 3.18. The zero-order chi connectivity index (χ0) is 14.5. The molecule has 0 amide bonds. The minimum absolute atomic E-state index is 0.437. The molecule has 4 heteroatoms. The van der Waals surface area contributed by atoms with Crippen LogP contribution in [0.4, 0.5) is 0 Å². The van der Waals surface area contributed by atoms with E-state index < -0.39 is 0 Å². The van der Waals surface area contributed by atoms with Gasteiger partial charge in [-0.1, -0.05) is 31.5 Å². The molecule has 0 bridgehead atoms. The Balaban J connectivity index is 1.96. The molecule has 0 aliphatic rings. The van der Waals surface area contributed by atoms with Gasteiger partial charge in [-0.05, 0) is 31.2 Å². The normalized spacial score (nSPS) is 11.1. The second kappa shape index (κ2) is 6.82. The predicted octanol–water partition coefficient (Wildman–Crippen LogP) is 4.32. The monoisotopic (exact) mass is 293 g/mol. The maximum Gasteiger partial charge on any atom is 0.121 e. The highest BCUT2D eigenvalue weighted by atomic mass is 35.5. The van der Waals surface area contributed by atoms with Gasteiger partial charge in [0.2, 0.25) is 0 Å². The van der Waals surface area contributed by atoms with Crippen molar-refractivity contribution >= 4 is 11.6 Å². The summed E-state index contributed by atoms with van der Waals surface area (Å²) in [6.07, 6.45) is 0. The molecule has 1 heterocycles. The zero-order valence-corrected chi connectivity index (χ0v) is 12.8. The first-order valence-corrected chi connectivity index (χ1v) is 7.12. The Morgan fingerprint density at radius 3 is 2.80 bits per heavy atom. The molecule has 0 unspecified atom stereocenters. The van der Waals surface area contributed by atoms with Crippen molar-refractivity contribution < 1.29 is 9.15 Å². The molecule has 0 aliphatic carbocycles. The van der Waals surface area contributed by atoms with E-state index in [1.54, 1.807) is 6.07 Å². The van der Waals surface area contributed by atoms with E-state index in [0.717, 1.165) is 29.4 Å². The Kier molecular flexibility index (Phi) is 5.10. The van der Waals surface area contributed by atoms with Gasteiger partial charge in [-0.3, -0.25) is 0 Å². The average molecular weight is 294 g/mol. The minimum atomic E-state index is 0.437. The highest BCUT2D eigenvalue weighted by Crippen LogP contribution is 2.20. The van der Waals surface area contributed by atoms with Crippen LogP contribution in [0.3, 0.4) is 0 Å². The van der Waals surface area contributed by atoms with Gasteiger partial charge < -0.3 is 14.5 Å². The Bertz CT molecular complexity index is 563. The van der Waals surface area contributed by atoms with Crippen LogP contribution >= 0.6 is 11.6 Å². The molecule has 2 aromatic rings. The Labute approximate surface area is 124 Å². The smallest absolute Gasteiger partial charge is 0.121 e. The molecule has 1 aromatic heterocycles. The molecule has 0 saturated carbocycles. The third-order valence-electron chi connectivity index (χ3n) is 2.95. The summed E-state index contributed by atoms with van der Waals surface area (Å²) < 4.78 is 11.4. The Morgan fingerprint density at radius 1 is 1.30 bits per heavy atom. The predicted molar refractivity (Wildman–Crippen MR) is 81.2 cm³/mol. The summed E-state index contributed by atoms with van der Waals surface area (Å²) in [5, 5.41) is 4.01. The van der Waals surface area contributed by atoms with E-state index in [2.05, 4.69) is 19.2 Å². The van der Waals surface area contributed by atoms with Gasteiger partial charge in [-0.2, -0.15) is 0 Å². The van der Waals surface area contributed by atoms with Gasteiger partial charge in [0.15, 0.2) is 0 Å². The van der Waals surface area contributed by atoms with Crippen LogP contribution in [0.1, 0.15) is 30.9 Å². The summed E-state index contributed by atoms with van der Waals surface area (Å²) in [7, 11) is 0. The van der Waals surface area contributed by atoms with E-state index in [-0.39, 0.29) is 0 Å². The first-order valence-electron chi connectivity index (χ1n) is 6.74. The first-order chi connectivity index (χ1) is 9.54. The molecule has 0 aliphatic heterocycles. The fourth-order valence-electron chi connectivity index (χ4n) is 1.84. The van der Waals surface area contributed by atoms with Crippen molar-refractivity contribution in [1.82, 2.24) is 5.32 Å². The summed E-state index contributed by atoms with van der Waals surface area (Å²) in [5.41, 5.74) is 1.06. The highest BCUT2D eigenvalue weighted by molar-refractivity contribution is 6.30. The molecule has 0 saturated heterocycles. The summed E-state index contributed by atoms with van der Waals surface area (Å²) in [6.45, 7) is 7.39. The van der Waals surface area contributed by atoms with Crippen molar-refractivity contribution in [3.63, 3.8) is 0 Å². The molecule has 0 fully saturated rings. The van der Waals surface area contributed by atoms with Crippen molar-refractivity contribution in [2.45, 2.75) is 40.0 Å². The number of hydrogen-bond donors (Lipinski definition) is 1. The van der Waals surface area contributed by atoms with Gasteiger partial charge in [-0.15, -0.1) is 0 Å². The molecule has 20 heavy (non-hydrogen) atoms. The summed E-state index contributed by atoms with van der Waals surface area (Å²) in [5.74, 6) is 2.59. The maximum absolute atomic E-state index is 5.93. The maximum atomic E-state index is 5.93. The molecule has 3 nitrogen and oxygen atoms in total. The first kappa shape index (κ1) is 14.9. The molecule has 2 rings (SSSR count). The number of hydrogen-bond acceptors (Lipinski definition) is 3. The van der Waals surface area contributed by atoms with Crippen molar-refractivity contribution in [3.05, 3.63) is 52.4 Å². The second-order valence-electron chi connectivity index (χ2n) is 5.08. The standard InChI is InChI=1S/C16H20ClNO2/c1-11(2)18-9-16-7-13(12(3)20-16)10-19-15-6-4-5-14(17)8-15/h4-8,11,18H,9-10H2,1-3H3. The van der Waals surface area contributed by atoms with Crippen LogP contribution in [0, 0.1) is 6.92 Å². The molecular weight excluding hydrogens is 274 g/mol. The van der Waals surface area contributed by atoms with Crippen LogP contribution in [0.2, 0.25) is 5.02 Å². The number of rotatable bonds is 6. The van der Waals surface area contributed by atoms with E-state index in [9.17, 15) is 0 Å². The summed E-state index contributed by atoms with van der Waals surface area (Å²) >= 11 is 5.93. The lowest BCUT2D eigenvalue weighted by atomic mass is 10.2. The molecule has 1 N–H and O–H groups in total. The van der Waals surface area contributed by atoms with E-state index in [1.165, 1.54) is 0 Å². The lowest BCUT2D eigenvalue weighted by molar-refractivity contribution is 0.303. The van der Waals surface area contributed by atoms with Crippen LogP contribution in [-0.2, 0) is 13.2 Å². The molecule has 1 aromatic carbocycles. The van der Waals surface area contributed by atoms with Crippen molar-refractivity contribution in [2.75, 3.05) is 0 Å². The van der Waals surface area contributed by atoms with Crippen molar-refractivity contribution in [2.24, 2.45) is 0 Å². The Hall–Kier alpha value is -1.45. The molecule has 0 radical (unpaired) electrons. The number of halogens is 1. The van der Waals surface area contributed by atoms with Crippen molar-refractivity contribution in [3.8, 4) is 5.75 Å². The van der Waals surface area contributed by atoms with Gasteiger partial charge in [0.1, 0.15) is 23.9 Å². The minimum Gasteiger partial charge on any atom is -0.489 e. The second-order valence-corrected chi connectivity index (χ2v) is 5.51. The number of nitrogens with one attached hydrogen (secondary N) is 1. The van der Waals surface area contributed by atoms with E-state index in [4.69, 9.17) is 20.8 Å². The Morgan fingerprint density at radius 2 is 2.10 bits per heavy atom. The SMILES string of the molecule is Cc1oc(CNC(C)C)cc1COc1cccc(Cl)c1. The van der Waals surface area contributed by atoms with Gasteiger partial charge in [0.25, 0.3) is 0 Å². The van der Waals surface area contributed by atoms with E-state index >= 15 is 0 Å². The molecular formula is C16H20ClNO2. The highest BCUT2D eigenvalue weighted by Gasteiger charge is 2.08. The summed E-state index contributed by atoms with van der Waals surface area (Å²) in [4.78, 5) is 0. The van der Waals surface area contributed by atoms with E-state index in [0.29, 0.717) is 17.7 Å². The quantitative estimate of drug-likeness (QED) is 0.861. The van der Waals surface area contributed by atoms with Crippen molar-refractivity contribution in [1.29, 1.82) is 0 Å². The van der Waals surface area contributed by atoms with Gasteiger partial charge in [-0.25, -0.2) is 0 Å². The lowest BCUT2D eigenvalue weighted by Gasteiger charge is -2.05. The van der Waals surface area contributed by atoms with Crippen LogP contribution in [0.15, 0.2) is 34.7 Å². The van der Waals surface area contributed by atoms with Crippen LogP contribution in [-0.4, -0.2) is 6.04 Å². The van der Waals surface area contributed by atoms with Gasteiger partial charge in [0.05, 0.1) is 6.54 Å². The zero-order valence-electron chi connectivity index (χ0n) is 12.1. The molecule has 0 atom stereocenters. The number of ether oxygens (including phenoxy) is 1. The third kappa shape index (κ3) is 4.29. The van der Waals surface area contributed by atoms with Gasteiger partial charge in [0, 0.05) is 16.6 Å². The summed E-state index contributed by atoms with van der Waals surface area (Å²) in [6, 6.07) is 9.87. The van der Waals surface area contributed by atoms with Gasteiger partial charge >= 0.3 is 0 Å². The van der Waals surface area contributed by atoms with Crippen LogP contribution in [0.25, 0.3) is 0 Å². The van der Waals surface area contributed by atoms with Crippen LogP contribution in [0.5, 0.6) is 5.75 Å². The van der Waals surface area contributed by atoms with Crippen LogP contribution < -0.4 is 10.1 Å². The van der Waals surface area contributed by atoms with E-state index in [1.807, 2.05) is 31.2 Å². The fourth-order valence-corrected chi connectivity index (χ4v) is 2.02. The number of furan rings is 1. The largest absolute Gasteiger partial charge is 0.489 e. The number of aryl methyl sites for hydroxylation is 1.